The Balaban J connectivity index is 2.76. The molecule has 2 nitrogen and oxygen atoms in total. The van der Waals surface area contributed by atoms with Gasteiger partial charge in [-0.25, -0.2) is 4.39 Å². The van der Waals surface area contributed by atoms with Crippen molar-refractivity contribution in [2.75, 3.05) is 13.7 Å². The zero-order chi connectivity index (χ0) is 12.8. The molecule has 0 radical (unpaired) electrons. The summed E-state index contributed by atoms with van der Waals surface area (Å²) < 4.78 is 18.9. The van der Waals surface area contributed by atoms with Crippen LogP contribution in [0.1, 0.15) is 38.8 Å². The summed E-state index contributed by atoms with van der Waals surface area (Å²) >= 11 is 0. The van der Waals surface area contributed by atoms with E-state index in [0.717, 1.165) is 12.0 Å². The number of rotatable bonds is 6. The molecule has 3 heteroatoms. The molecule has 0 bridgehead atoms. The van der Waals surface area contributed by atoms with E-state index in [1.807, 2.05) is 14.0 Å². The third-order valence-electron chi connectivity index (χ3n) is 2.83. The lowest BCUT2D eigenvalue weighted by Crippen LogP contribution is -2.14. The Morgan fingerprint density at radius 1 is 1.29 bits per heavy atom. The van der Waals surface area contributed by atoms with Crippen LogP contribution >= 0.6 is 0 Å². The summed E-state index contributed by atoms with van der Waals surface area (Å²) in [5.41, 5.74) is 0.998. The third-order valence-corrected chi connectivity index (χ3v) is 2.83. The molecule has 0 heterocycles. The van der Waals surface area contributed by atoms with Gasteiger partial charge in [0.25, 0.3) is 0 Å². The fourth-order valence-corrected chi connectivity index (χ4v) is 1.55. The van der Waals surface area contributed by atoms with Crippen LogP contribution in [0, 0.1) is 11.7 Å². The normalized spacial score (nSPS) is 12.8. The van der Waals surface area contributed by atoms with Crippen molar-refractivity contribution in [1.82, 2.24) is 5.32 Å². The first-order valence-corrected chi connectivity index (χ1v) is 6.14. The van der Waals surface area contributed by atoms with E-state index >= 15 is 0 Å². The zero-order valence-electron chi connectivity index (χ0n) is 11.1. The second kappa shape index (κ2) is 6.60. The molecular weight excluding hydrogens is 217 g/mol. The van der Waals surface area contributed by atoms with Crippen LogP contribution < -0.4 is 10.1 Å². The molecule has 0 aliphatic rings. The predicted octanol–water partition coefficient (Wildman–Crippen LogP) is 3.53. The number of ether oxygens (including phenoxy) is 1. The monoisotopic (exact) mass is 239 g/mol. The molecule has 0 saturated carbocycles. The van der Waals surface area contributed by atoms with Crippen molar-refractivity contribution in [2.45, 2.75) is 33.2 Å². The molecule has 1 atom stereocenters. The second-order valence-corrected chi connectivity index (χ2v) is 4.72. The quantitative estimate of drug-likeness (QED) is 0.820. The van der Waals surface area contributed by atoms with Crippen molar-refractivity contribution in [3.8, 4) is 5.75 Å². The van der Waals surface area contributed by atoms with E-state index in [4.69, 9.17) is 4.74 Å². The lowest BCUT2D eigenvalue weighted by atomic mass is 10.1. The molecule has 1 aromatic carbocycles. The van der Waals surface area contributed by atoms with Crippen LogP contribution in [-0.4, -0.2) is 13.7 Å². The van der Waals surface area contributed by atoms with Gasteiger partial charge in [0.05, 0.1) is 6.61 Å². The summed E-state index contributed by atoms with van der Waals surface area (Å²) in [7, 11) is 1.88. The summed E-state index contributed by atoms with van der Waals surface area (Å²) in [5.74, 6) is 0.984. The Morgan fingerprint density at radius 2 is 2.00 bits per heavy atom. The minimum Gasteiger partial charge on any atom is -0.493 e. The Bertz CT molecular complexity index is 352. The predicted molar refractivity (Wildman–Crippen MR) is 68.8 cm³/mol. The molecule has 0 fully saturated rings. The highest BCUT2D eigenvalue weighted by molar-refractivity contribution is 5.36. The molecule has 0 aliphatic carbocycles. The molecule has 17 heavy (non-hydrogen) atoms. The molecule has 1 rings (SSSR count). The first kappa shape index (κ1) is 14.0. The first-order valence-electron chi connectivity index (χ1n) is 6.14. The van der Waals surface area contributed by atoms with Gasteiger partial charge in [-0.15, -0.1) is 0 Å². The van der Waals surface area contributed by atoms with Crippen molar-refractivity contribution < 1.29 is 9.13 Å². The van der Waals surface area contributed by atoms with E-state index in [-0.39, 0.29) is 11.9 Å². The van der Waals surface area contributed by atoms with E-state index in [9.17, 15) is 4.39 Å². The maximum absolute atomic E-state index is 13.2. The molecule has 0 spiro atoms. The van der Waals surface area contributed by atoms with Crippen LogP contribution in [-0.2, 0) is 0 Å². The largest absolute Gasteiger partial charge is 0.493 e. The van der Waals surface area contributed by atoms with E-state index < -0.39 is 0 Å². The van der Waals surface area contributed by atoms with Gasteiger partial charge in [-0.1, -0.05) is 19.9 Å². The maximum atomic E-state index is 13.2. The lowest BCUT2D eigenvalue weighted by molar-refractivity contribution is 0.283. The molecule has 0 amide bonds. The smallest absolute Gasteiger partial charge is 0.126 e. The molecule has 0 saturated heterocycles. The van der Waals surface area contributed by atoms with E-state index in [1.165, 1.54) is 12.1 Å². The van der Waals surface area contributed by atoms with Gasteiger partial charge in [0.15, 0.2) is 0 Å². The standard InChI is InChI=1S/C14H22FNO/c1-10(2)7-8-17-14-9-12(15)5-6-13(14)11(3)16-4/h5-6,9-11,16H,7-8H2,1-4H3. The highest BCUT2D eigenvalue weighted by Gasteiger charge is 2.11. The summed E-state index contributed by atoms with van der Waals surface area (Å²) in [5, 5.41) is 3.14. The number of nitrogens with one attached hydrogen (secondary N) is 1. The molecule has 1 N–H and O–H groups in total. The average Bonchev–Trinajstić information content (AvgIpc) is 2.28. The van der Waals surface area contributed by atoms with Crippen LogP contribution in [0.2, 0.25) is 0 Å². The molecule has 96 valence electrons. The minimum atomic E-state index is -0.253. The number of hydrogen-bond acceptors (Lipinski definition) is 2. The van der Waals surface area contributed by atoms with Crippen molar-refractivity contribution in [1.29, 1.82) is 0 Å². The second-order valence-electron chi connectivity index (χ2n) is 4.72. The Hall–Kier alpha value is -1.09. The van der Waals surface area contributed by atoms with Crippen LogP contribution in [0.4, 0.5) is 4.39 Å². The molecule has 0 aliphatic heterocycles. The average molecular weight is 239 g/mol. The van der Waals surface area contributed by atoms with Gasteiger partial charge >= 0.3 is 0 Å². The van der Waals surface area contributed by atoms with Crippen LogP contribution in [0.25, 0.3) is 0 Å². The van der Waals surface area contributed by atoms with Gasteiger partial charge in [-0.3, -0.25) is 0 Å². The fourth-order valence-electron chi connectivity index (χ4n) is 1.55. The summed E-state index contributed by atoms with van der Waals surface area (Å²) in [4.78, 5) is 0. The highest BCUT2D eigenvalue weighted by Crippen LogP contribution is 2.26. The van der Waals surface area contributed by atoms with Gasteiger partial charge in [0.2, 0.25) is 0 Å². The van der Waals surface area contributed by atoms with Gasteiger partial charge < -0.3 is 10.1 Å². The number of hydrogen-bond donors (Lipinski definition) is 1. The third kappa shape index (κ3) is 4.35. The Morgan fingerprint density at radius 3 is 2.59 bits per heavy atom. The number of benzene rings is 1. The van der Waals surface area contributed by atoms with Crippen molar-refractivity contribution in [2.24, 2.45) is 5.92 Å². The van der Waals surface area contributed by atoms with Gasteiger partial charge in [0.1, 0.15) is 11.6 Å². The lowest BCUT2D eigenvalue weighted by Gasteiger charge is -2.17. The molecule has 0 aromatic heterocycles. The van der Waals surface area contributed by atoms with Crippen LogP contribution in [0.3, 0.4) is 0 Å². The Labute approximate surface area is 103 Å². The van der Waals surface area contributed by atoms with Gasteiger partial charge in [0, 0.05) is 17.7 Å². The molecule has 1 aromatic rings. The first-order chi connectivity index (χ1) is 8.04. The van der Waals surface area contributed by atoms with E-state index in [0.29, 0.717) is 18.3 Å². The maximum Gasteiger partial charge on any atom is 0.126 e. The summed E-state index contributed by atoms with van der Waals surface area (Å²) in [6.45, 7) is 6.95. The van der Waals surface area contributed by atoms with E-state index in [2.05, 4.69) is 19.2 Å². The number of halogens is 1. The van der Waals surface area contributed by atoms with Crippen LogP contribution in [0.5, 0.6) is 5.75 Å². The molecular formula is C14H22FNO. The fraction of sp³-hybridized carbons (Fsp3) is 0.571. The summed E-state index contributed by atoms with van der Waals surface area (Å²) in [6, 6.07) is 4.87. The SMILES string of the molecule is CNC(C)c1ccc(F)cc1OCCC(C)C. The van der Waals surface area contributed by atoms with Crippen LogP contribution in [0.15, 0.2) is 18.2 Å². The zero-order valence-corrected chi connectivity index (χ0v) is 11.1. The van der Waals surface area contributed by atoms with Gasteiger partial charge in [-0.05, 0) is 32.4 Å². The van der Waals surface area contributed by atoms with Crippen molar-refractivity contribution in [3.05, 3.63) is 29.6 Å². The van der Waals surface area contributed by atoms with Crippen molar-refractivity contribution >= 4 is 0 Å². The minimum absolute atomic E-state index is 0.157. The summed E-state index contributed by atoms with van der Waals surface area (Å²) in [6.07, 6.45) is 0.976. The molecule has 1 unspecified atom stereocenters. The Kier molecular flexibility index (Phi) is 5.42. The van der Waals surface area contributed by atoms with Crippen molar-refractivity contribution in [3.63, 3.8) is 0 Å². The van der Waals surface area contributed by atoms with Gasteiger partial charge in [-0.2, -0.15) is 0 Å². The topological polar surface area (TPSA) is 21.3 Å². The van der Waals surface area contributed by atoms with E-state index in [1.54, 1.807) is 6.07 Å². The highest BCUT2D eigenvalue weighted by atomic mass is 19.1.